The lowest BCUT2D eigenvalue weighted by Crippen LogP contribution is -2.13. The first-order valence-corrected chi connectivity index (χ1v) is 9.13. The predicted octanol–water partition coefficient (Wildman–Crippen LogP) is 3.67. The monoisotopic (exact) mass is 363 g/mol. The van der Waals surface area contributed by atoms with Crippen LogP contribution >= 0.6 is 11.8 Å². The highest BCUT2D eigenvalue weighted by Crippen LogP contribution is 2.33. The second kappa shape index (κ2) is 6.76. The Bertz CT molecular complexity index is 1130. The van der Waals surface area contributed by atoms with Crippen molar-refractivity contribution in [3.05, 3.63) is 76.6 Å². The van der Waals surface area contributed by atoms with Gasteiger partial charge in [-0.15, -0.1) is 10.2 Å². The van der Waals surface area contributed by atoms with Gasteiger partial charge >= 0.3 is 0 Å². The number of H-pyrrole nitrogens is 1. The van der Waals surface area contributed by atoms with Crippen LogP contribution in [0, 0.1) is 6.92 Å². The number of fused-ring (bicyclic) bond motifs is 1. The van der Waals surface area contributed by atoms with E-state index in [0.29, 0.717) is 16.7 Å². The summed E-state index contributed by atoms with van der Waals surface area (Å²) in [6.45, 7) is 4.05. The lowest BCUT2D eigenvalue weighted by molar-refractivity contribution is 0.857. The summed E-state index contributed by atoms with van der Waals surface area (Å²) in [6, 6.07) is 15.4. The van der Waals surface area contributed by atoms with Gasteiger partial charge in [-0.3, -0.25) is 9.36 Å². The molecule has 4 aromatic rings. The van der Waals surface area contributed by atoms with Gasteiger partial charge in [0.2, 0.25) is 0 Å². The summed E-state index contributed by atoms with van der Waals surface area (Å²) in [6.07, 6.45) is 1.70. The second-order valence-electron chi connectivity index (χ2n) is 6.00. The fraction of sp³-hybridized carbons (Fsp3) is 0.158. The molecule has 7 heteroatoms. The van der Waals surface area contributed by atoms with E-state index in [1.54, 1.807) is 12.4 Å². The van der Waals surface area contributed by atoms with Crippen molar-refractivity contribution < 1.29 is 0 Å². The molecule has 2 heterocycles. The minimum Gasteiger partial charge on any atom is -0.309 e. The third-order valence-corrected chi connectivity index (χ3v) is 5.26. The Morgan fingerprint density at radius 1 is 1.12 bits per heavy atom. The molecule has 0 saturated carbocycles. The molecular formula is C19H17N5OS. The molecular weight excluding hydrogens is 346 g/mol. The SMILES string of the molecule is Cc1ccccc1-n1cnnc1SC(C)c1nc2ccccc2c(=O)[nH]1. The highest BCUT2D eigenvalue weighted by atomic mass is 32.2. The number of rotatable bonds is 4. The lowest BCUT2D eigenvalue weighted by atomic mass is 10.2. The van der Waals surface area contributed by atoms with E-state index in [1.807, 2.05) is 47.9 Å². The molecule has 1 unspecified atom stereocenters. The molecule has 0 bridgehead atoms. The molecule has 2 aromatic heterocycles. The third kappa shape index (κ3) is 3.01. The van der Waals surface area contributed by atoms with Crippen molar-refractivity contribution >= 4 is 22.7 Å². The van der Waals surface area contributed by atoms with Crippen molar-refractivity contribution in [1.29, 1.82) is 0 Å². The fourth-order valence-corrected chi connectivity index (χ4v) is 3.71. The standard InChI is InChI=1S/C19H17N5OS/c1-12-7-3-6-10-16(12)24-11-20-23-19(24)26-13(2)17-21-15-9-5-4-8-14(15)18(25)22-17/h3-11,13H,1-2H3,(H,21,22,25). The molecule has 6 nitrogen and oxygen atoms in total. The Balaban J connectivity index is 1.68. The van der Waals surface area contributed by atoms with E-state index in [0.717, 1.165) is 16.4 Å². The highest BCUT2D eigenvalue weighted by molar-refractivity contribution is 7.99. The Morgan fingerprint density at radius 3 is 2.73 bits per heavy atom. The zero-order valence-corrected chi connectivity index (χ0v) is 15.2. The molecule has 0 amide bonds. The number of nitrogens with zero attached hydrogens (tertiary/aromatic N) is 4. The van der Waals surface area contributed by atoms with Gasteiger partial charge < -0.3 is 4.98 Å². The van der Waals surface area contributed by atoms with Crippen LogP contribution < -0.4 is 5.56 Å². The molecule has 26 heavy (non-hydrogen) atoms. The Kier molecular flexibility index (Phi) is 4.30. The highest BCUT2D eigenvalue weighted by Gasteiger charge is 2.17. The minimum absolute atomic E-state index is 0.0840. The maximum atomic E-state index is 12.3. The number of nitrogens with one attached hydrogen (secondary N) is 1. The van der Waals surface area contributed by atoms with Crippen LogP contribution in [0.1, 0.15) is 23.6 Å². The number of hydrogen-bond acceptors (Lipinski definition) is 5. The molecule has 2 aromatic carbocycles. The van der Waals surface area contributed by atoms with Crippen LogP contribution in [0.5, 0.6) is 0 Å². The number of aromatic nitrogens is 5. The van der Waals surface area contributed by atoms with Crippen molar-refractivity contribution in [1.82, 2.24) is 24.7 Å². The molecule has 130 valence electrons. The largest absolute Gasteiger partial charge is 0.309 e. The van der Waals surface area contributed by atoms with Gasteiger partial charge in [0.15, 0.2) is 5.16 Å². The van der Waals surface area contributed by atoms with Crippen molar-refractivity contribution in [2.24, 2.45) is 0 Å². The van der Waals surface area contributed by atoms with Crippen molar-refractivity contribution in [3.8, 4) is 5.69 Å². The van der Waals surface area contributed by atoms with E-state index >= 15 is 0 Å². The molecule has 0 aliphatic carbocycles. The third-order valence-electron chi connectivity index (χ3n) is 4.19. The van der Waals surface area contributed by atoms with Crippen LogP contribution in [0.2, 0.25) is 0 Å². The van der Waals surface area contributed by atoms with Gasteiger partial charge in [-0.05, 0) is 37.6 Å². The number of benzene rings is 2. The molecule has 1 atom stereocenters. The molecule has 0 spiro atoms. The van der Waals surface area contributed by atoms with Gasteiger partial charge in [0, 0.05) is 0 Å². The zero-order valence-electron chi connectivity index (χ0n) is 14.4. The topological polar surface area (TPSA) is 76.5 Å². The maximum absolute atomic E-state index is 12.3. The van der Waals surface area contributed by atoms with Crippen LogP contribution in [0.4, 0.5) is 0 Å². The van der Waals surface area contributed by atoms with E-state index in [9.17, 15) is 4.79 Å². The van der Waals surface area contributed by atoms with Gasteiger partial charge in [0.25, 0.3) is 5.56 Å². The summed E-state index contributed by atoms with van der Waals surface area (Å²) < 4.78 is 1.95. The first kappa shape index (κ1) is 16.5. The molecule has 0 aliphatic heterocycles. The fourth-order valence-electron chi connectivity index (χ4n) is 2.81. The number of aromatic amines is 1. The molecule has 0 fully saturated rings. The van der Waals surface area contributed by atoms with Gasteiger partial charge in [-0.25, -0.2) is 4.98 Å². The first-order valence-electron chi connectivity index (χ1n) is 8.25. The van der Waals surface area contributed by atoms with Gasteiger partial charge in [0.05, 0.1) is 21.8 Å². The summed E-state index contributed by atoms with van der Waals surface area (Å²) in [5.74, 6) is 0.623. The van der Waals surface area contributed by atoms with Crippen LogP contribution in [-0.4, -0.2) is 24.7 Å². The normalized spacial score (nSPS) is 12.4. The quantitative estimate of drug-likeness (QED) is 0.560. The number of aryl methyl sites for hydroxylation is 1. The van der Waals surface area contributed by atoms with Crippen molar-refractivity contribution in [2.45, 2.75) is 24.3 Å². The summed E-state index contributed by atoms with van der Waals surface area (Å²) >= 11 is 1.51. The summed E-state index contributed by atoms with van der Waals surface area (Å²) in [4.78, 5) is 19.8. The van der Waals surface area contributed by atoms with E-state index in [-0.39, 0.29) is 10.8 Å². The molecule has 0 saturated heterocycles. The van der Waals surface area contributed by atoms with E-state index in [4.69, 9.17) is 0 Å². The lowest BCUT2D eigenvalue weighted by Gasteiger charge is -2.13. The summed E-state index contributed by atoms with van der Waals surface area (Å²) in [7, 11) is 0. The average Bonchev–Trinajstić information content (AvgIpc) is 3.10. The maximum Gasteiger partial charge on any atom is 0.258 e. The van der Waals surface area contributed by atoms with E-state index < -0.39 is 0 Å². The zero-order chi connectivity index (χ0) is 18.1. The van der Waals surface area contributed by atoms with Crippen molar-refractivity contribution in [2.75, 3.05) is 0 Å². The van der Waals surface area contributed by atoms with Crippen LogP contribution in [-0.2, 0) is 0 Å². The molecule has 0 radical (unpaired) electrons. The van der Waals surface area contributed by atoms with E-state index in [1.165, 1.54) is 11.8 Å². The Labute approximate surface area is 154 Å². The van der Waals surface area contributed by atoms with E-state index in [2.05, 4.69) is 33.2 Å². The Morgan fingerprint density at radius 2 is 1.88 bits per heavy atom. The minimum atomic E-state index is -0.126. The Hall–Kier alpha value is -2.93. The molecule has 1 N–H and O–H groups in total. The van der Waals surface area contributed by atoms with Gasteiger partial charge in [-0.1, -0.05) is 42.1 Å². The average molecular weight is 363 g/mol. The number of hydrogen-bond donors (Lipinski definition) is 1. The van der Waals surface area contributed by atoms with Gasteiger partial charge in [0.1, 0.15) is 12.2 Å². The number of para-hydroxylation sites is 2. The predicted molar refractivity (Wildman–Crippen MR) is 103 cm³/mol. The summed E-state index contributed by atoms with van der Waals surface area (Å²) in [5.41, 5.74) is 2.74. The molecule has 0 aliphatic rings. The van der Waals surface area contributed by atoms with Gasteiger partial charge in [-0.2, -0.15) is 0 Å². The smallest absolute Gasteiger partial charge is 0.258 e. The number of thioether (sulfide) groups is 1. The van der Waals surface area contributed by atoms with Crippen LogP contribution in [0.3, 0.4) is 0 Å². The molecule has 4 rings (SSSR count). The van der Waals surface area contributed by atoms with Crippen LogP contribution in [0.15, 0.2) is 64.8 Å². The van der Waals surface area contributed by atoms with Crippen LogP contribution in [0.25, 0.3) is 16.6 Å². The second-order valence-corrected chi connectivity index (χ2v) is 7.31. The summed E-state index contributed by atoms with van der Waals surface area (Å²) in [5, 5.41) is 9.56. The first-order chi connectivity index (χ1) is 12.6. The van der Waals surface area contributed by atoms with Crippen molar-refractivity contribution in [3.63, 3.8) is 0 Å².